The van der Waals surface area contributed by atoms with E-state index in [4.69, 9.17) is 15.7 Å². The number of benzene rings is 1. The highest BCUT2D eigenvalue weighted by Crippen LogP contribution is 2.09. The van der Waals surface area contributed by atoms with Crippen LogP contribution < -0.4 is 16.5 Å². The molecule has 0 saturated heterocycles. The molecule has 0 radical (unpaired) electrons. The number of esters is 1. The van der Waals surface area contributed by atoms with Crippen LogP contribution in [-0.2, 0) is 19.1 Å². The molecule has 1 atom stereocenters. The number of hydrogen-bond donors (Lipinski definition) is 4. The van der Waals surface area contributed by atoms with E-state index in [2.05, 4.69) is 27.6 Å². The number of anilines is 1. The van der Waals surface area contributed by atoms with E-state index in [-0.39, 0.29) is 31.8 Å². The predicted molar refractivity (Wildman–Crippen MR) is 104 cm³/mol. The molecule has 1 unspecified atom stereocenters. The first-order valence-corrected chi connectivity index (χ1v) is 8.65. The van der Waals surface area contributed by atoms with Crippen molar-refractivity contribution in [2.75, 3.05) is 18.5 Å². The van der Waals surface area contributed by atoms with Crippen molar-refractivity contribution in [1.82, 2.24) is 5.32 Å². The van der Waals surface area contributed by atoms with E-state index in [0.29, 0.717) is 5.69 Å². The number of amides is 2. The Morgan fingerprint density at radius 3 is 2.54 bits per heavy atom. The number of aliphatic hydroxyl groups is 1. The molecule has 0 aliphatic rings. The lowest BCUT2D eigenvalue weighted by Gasteiger charge is -2.12. The van der Waals surface area contributed by atoms with E-state index < -0.39 is 24.5 Å². The number of nitrogens with one attached hydrogen (secondary N) is 2. The molecule has 28 heavy (non-hydrogen) atoms. The van der Waals surface area contributed by atoms with Gasteiger partial charge in [0.25, 0.3) is 0 Å². The van der Waals surface area contributed by atoms with E-state index in [9.17, 15) is 14.4 Å². The molecule has 1 rings (SSSR count). The summed E-state index contributed by atoms with van der Waals surface area (Å²) in [7, 11) is 0. The summed E-state index contributed by atoms with van der Waals surface area (Å²) < 4.78 is 4.82. The molecule has 5 N–H and O–H groups in total. The first-order valence-electron chi connectivity index (χ1n) is 8.65. The van der Waals surface area contributed by atoms with Crippen LogP contribution in [0.2, 0.25) is 0 Å². The molecule has 1 aromatic carbocycles. The van der Waals surface area contributed by atoms with Crippen LogP contribution in [0.3, 0.4) is 0 Å². The van der Waals surface area contributed by atoms with Crippen LogP contribution in [0, 0.1) is 11.8 Å². The molecule has 9 nitrogen and oxygen atoms in total. The zero-order valence-electron chi connectivity index (χ0n) is 15.6. The van der Waals surface area contributed by atoms with Crippen molar-refractivity contribution in [3.05, 3.63) is 29.8 Å². The monoisotopic (exact) mass is 388 g/mol. The van der Waals surface area contributed by atoms with E-state index in [0.717, 1.165) is 5.56 Å². The second-order valence-corrected chi connectivity index (χ2v) is 5.56. The number of carbonyl (C=O) groups excluding carboxylic acids is 3. The lowest BCUT2D eigenvalue weighted by Crippen LogP contribution is -2.36. The zero-order chi connectivity index (χ0) is 20.8. The molecule has 0 heterocycles. The summed E-state index contributed by atoms with van der Waals surface area (Å²) in [6.07, 6.45) is 1.21. The third-order valence-corrected chi connectivity index (χ3v) is 3.36. The number of hydrogen-bond acceptors (Lipinski definition) is 7. The molecule has 0 fully saturated rings. The quantitative estimate of drug-likeness (QED) is 0.156. The third-order valence-electron chi connectivity index (χ3n) is 3.36. The SMILES string of the molecule is CCOC(=O)CC(C#CCO)NC(=O)CCC(=O)Nc1ccc(C=NN)cc1. The topological polar surface area (TPSA) is 143 Å². The molecule has 0 spiro atoms. The third kappa shape index (κ3) is 9.35. The fourth-order valence-electron chi connectivity index (χ4n) is 2.15. The summed E-state index contributed by atoms with van der Waals surface area (Å²) in [6.45, 7) is 1.49. The fourth-order valence-corrected chi connectivity index (χ4v) is 2.15. The second kappa shape index (κ2) is 12.9. The van der Waals surface area contributed by atoms with Crippen molar-refractivity contribution >= 4 is 29.7 Å². The molecule has 0 bridgehead atoms. The Labute approximate surface area is 163 Å². The largest absolute Gasteiger partial charge is 0.466 e. The summed E-state index contributed by atoms with van der Waals surface area (Å²) in [5, 5.41) is 17.4. The summed E-state index contributed by atoms with van der Waals surface area (Å²) in [5.74, 6) is 8.76. The number of carbonyl (C=O) groups is 3. The van der Waals surface area contributed by atoms with Gasteiger partial charge in [-0.3, -0.25) is 14.4 Å². The van der Waals surface area contributed by atoms with Gasteiger partial charge in [0.2, 0.25) is 11.8 Å². The second-order valence-electron chi connectivity index (χ2n) is 5.56. The molecule has 0 aromatic heterocycles. The highest BCUT2D eigenvalue weighted by molar-refractivity contribution is 5.93. The van der Waals surface area contributed by atoms with Gasteiger partial charge in [0, 0.05) is 18.5 Å². The van der Waals surface area contributed by atoms with E-state index in [1.165, 1.54) is 6.21 Å². The Kier molecular flexibility index (Phi) is 10.4. The van der Waals surface area contributed by atoms with Crippen LogP contribution in [0.15, 0.2) is 29.4 Å². The minimum absolute atomic E-state index is 0.0442. The Balaban J connectivity index is 2.49. The molecule has 150 valence electrons. The summed E-state index contributed by atoms with van der Waals surface area (Å²) >= 11 is 0. The maximum Gasteiger partial charge on any atom is 0.308 e. The molecule has 1 aromatic rings. The molecule has 2 amide bonds. The van der Waals surface area contributed by atoms with E-state index in [1.54, 1.807) is 31.2 Å². The molecule has 9 heteroatoms. The van der Waals surface area contributed by atoms with Gasteiger partial charge in [0.1, 0.15) is 12.6 Å². The smallest absolute Gasteiger partial charge is 0.308 e. The normalized spacial score (nSPS) is 11.2. The number of hydrazone groups is 1. The number of nitrogens with zero attached hydrogens (tertiary/aromatic N) is 1. The molecule has 0 aliphatic heterocycles. The fraction of sp³-hybridized carbons (Fsp3) is 0.368. The van der Waals surface area contributed by atoms with Gasteiger partial charge in [-0.2, -0.15) is 5.10 Å². The van der Waals surface area contributed by atoms with Gasteiger partial charge in [0.15, 0.2) is 0 Å². The van der Waals surface area contributed by atoms with Crippen molar-refractivity contribution in [3.8, 4) is 11.8 Å². The first-order chi connectivity index (χ1) is 13.5. The molecular weight excluding hydrogens is 364 g/mol. The number of nitrogens with two attached hydrogens (primary N) is 1. The average Bonchev–Trinajstić information content (AvgIpc) is 2.66. The Bertz CT molecular complexity index is 750. The predicted octanol–water partition coefficient (Wildman–Crippen LogP) is 0.132. The minimum Gasteiger partial charge on any atom is -0.466 e. The van der Waals surface area contributed by atoms with Crippen LogP contribution >= 0.6 is 0 Å². The maximum absolute atomic E-state index is 12.0. The van der Waals surface area contributed by atoms with Crippen molar-refractivity contribution in [2.45, 2.75) is 32.2 Å². The zero-order valence-corrected chi connectivity index (χ0v) is 15.6. The highest BCUT2D eigenvalue weighted by atomic mass is 16.5. The van der Waals surface area contributed by atoms with Gasteiger partial charge in [-0.15, -0.1) is 0 Å². The van der Waals surface area contributed by atoms with E-state index >= 15 is 0 Å². The number of aliphatic hydroxyl groups excluding tert-OH is 1. The maximum atomic E-state index is 12.0. The summed E-state index contributed by atoms with van der Waals surface area (Å²) in [6, 6.07) is 6.05. The van der Waals surface area contributed by atoms with Crippen LogP contribution in [0.4, 0.5) is 5.69 Å². The Hall–Kier alpha value is -3.38. The van der Waals surface area contributed by atoms with Crippen LogP contribution in [0.25, 0.3) is 0 Å². The van der Waals surface area contributed by atoms with Crippen molar-refractivity contribution < 1.29 is 24.2 Å². The average molecular weight is 388 g/mol. The van der Waals surface area contributed by atoms with Gasteiger partial charge >= 0.3 is 5.97 Å². The summed E-state index contributed by atoms with van der Waals surface area (Å²) in [4.78, 5) is 35.6. The van der Waals surface area contributed by atoms with E-state index in [1.807, 2.05) is 0 Å². The van der Waals surface area contributed by atoms with Crippen molar-refractivity contribution in [3.63, 3.8) is 0 Å². The molecule has 0 aliphatic carbocycles. The first kappa shape index (κ1) is 22.7. The van der Waals surface area contributed by atoms with Gasteiger partial charge in [-0.05, 0) is 24.6 Å². The Morgan fingerprint density at radius 2 is 1.93 bits per heavy atom. The van der Waals surface area contributed by atoms with Gasteiger partial charge in [-0.1, -0.05) is 24.0 Å². The molecular formula is C19H24N4O5. The van der Waals surface area contributed by atoms with Crippen molar-refractivity contribution in [2.24, 2.45) is 10.9 Å². The van der Waals surface area contributed by atoms with Gasteiger partial charge in [-0.25, -0.2) is 0 Å². The standard InChI is InChI=1S/C19H24N4O5/c1-2-28-19(27)12-16(4-3-11-24)23-18(26)10-9-17(25)22-15-7-5-14(6-8-15)13-21-20/h5-8,13,16,24H,2,9-12,20H2,1H3,(H,22,25)(H,23,26). The lowest BCUT2D eigenvalue weighted by molar-refractivity contribution is -0.143. The minimum atomic E-state index is -0.793. The molecule has 0 saturated carbocycles. The van der Waals surface area contributed by atoms with Crippen LogP contribution in [0.5, 0.6) is 0 Å². The van der Waals surface area contributed by atoms with Crippen LogP contribution in [0.1, 0.15) is 31.7 Å². The van der Waals surface area contributed by atoms with Crippen LogP contribution in [-0.4, -0.2) is 48.4 Å². The number of rotatable bonds is 9. The highest BCUT2D eigenvalue weighted by Gasteiger charge is 2.16. The number of ether oxygens (including phenoxy) is 1. The Morgan fingerprint density at radius 1 is 1.25 bits per heavy atom. The van der Waals surface area contributed by atoms with Gasteiger partial charge in [0.05, 0.1) is 19.2 Å². The van der Waals surface area contributed by atoms with Crippen molar-refractivity contribution in [1.29, 1.82) is 0 Å². The lowest BCUT2D eigenvalue weighted by atomic mass is 10.2. The van der Waals surface area contributed by atoms with Gasteiger partial charge < -0.3 is 26.3 Å². The summed E-state index contributed by atoms with van der Waals surface area (Å²) in [5.41, 5.74) is 1.37.